The van der Waals surface area contributed by atoms with Crippen molar-refractivity contribution in [3.05, 3.63) is 34.3 Å². The molecule has 1 aliphatic heterocycles. The van der Waals surface area contributed by atoms with Crippen LogP contribution >= 0.6 is 15.9 Å². The molecule has 5 heteroatoms. The fourth-order valence-electron chi connectivity index (χ4n) is 2.80. The first-order chi connectivity index (χ1) is 10.1. The minimum absolute atomic E-state index is 0.0963. The maximum absolute atomic E-state index is 12.6. The summed E-state index contributed by atoms with van der Waals surface area (Å²) in [6.07, 6.45) is 1.66. The highest BCUT2D eigenvalue weighted by atomic mass is 79.9. The van der Waals surface area contributed by atoms with Crippen molar-refractivity contribution in [1.82, 2.24) is 10.6 Å². The number of amides is 1. The molecular formula is C16H23BrN2O2. The second-order valence-corrected chi connectivity index (χ2v) is 6.76. The van der Waals surface area contributed by atoms with Crippen LogP contribution < -0.4 is 10.6 Å². The van der Waals surface area contributed by atoms with E-state index in [1.165, 1.54) is 5.56 Å². The van der Waals surface area contributed by atoms with Gasteiger partial charge in [-0.25, -0.2) is 0 Å². The van der Waals surface area contributed by atoms with Crippen molar-refractivity contribution < 1.29 is 9.53 Å². The third kappa shape index (κ3) is 4.28. The Morgan fingerprint density at radius 3 is 2.76 bits per heavy atom. The molecule has 0 aliphatic carbocycles. The van der Waals surface area contributed by atoms with Crippen LogP contribution in [0.2, 0.25) is 0 Å². The Hall–Kier alpha value is -0.910. The largest absolute Gasteiger partial charge is 0.384 e. The van der Waals surface area contributed by atoms with Crippen molar-refractivity contribution in [2.75, 3.05) is 26.8 Å². The van der Waals surface area contributed by atoms with E-state index in [4.69, 9.17) is 4.74 Å². The number of benzene rings is 1. The first kappa shape index (κ1) is 16.5. The van der Waals surface area contributed by atoms with E-state index in [0.717, 1.165) is 23.9 Å². The molecule has 2 unspecified atom stereocenters. The van der Waals surface area contributed by atoms with Crippen LogP contribution in [0.3, 0.4) is 0 Å². The minimum Gasteiger partial charge on any atom is -0.384 e. The van der Waals surface area contributed by atoms with Gasteiger partial charge in [0.25, 0.3) is 0 Å². The lowest BCUT2D eigenvalue weighted by Gasteiger charge is -2.28. The quantitative estimate of drug-likeness (QED) is 0.822. The maximum atomic E-state index is 12.6. The monoisotopic (exact) mass is 354 g/mol. The highest BCUT2D eigenvalue weighted by molar-refractivity contribution is 9.10. The van der Waals surface area contributed by atoms with Gasteiger partial charge in [-0.15, -0.1) is 0 Å². The number of nitrogens with one attached hydrogen (secondary N) is 2. The summed E-state index contributed by atoms with van der Waals surface area (Å²) in [5, 5.41) is 6.40. The second kappa shape index (κ2) is 7.38. The number of hydrogen-bond donors (Lipinski definition) is 2. The highest BCUT2D eigenvalue weighted by Gasteiger charge is 2.41. The standard InChI is InChI=1S/C16H23BrN2O2/c1-12(9-13-3-5-14(17)6-4-13)19-15(20)16(11-21-2)7-8-18-10-16/h3-6,12,18H,7-11H2,1-2H3,(H,19,20). The molecule has 1 heterocycles. The van der Waals surface area contributed by atoms with Crippen LogP contribution in [-0.4, -0.2) is 38.8 Å². The average Bonchev–Trinajstić information content (AvgIpc) is 2.92. The predicted octanol–water partition coefficient (Wildman–Crippen LogP) is 2.12. The van der Waals surface area contributed by atoms with Gasteiger partial charge in [0.15, 0.2) is 0 Å². The zero-order valence-corrected chi connectivity index (χ0v) is 14.2. The van der Waals surface area contributed by atoms with Crippen LogP contribution in [0, 0.1) is 5.41 Å². The van der Waals surface area contributed by atoms with E-state index < -0.39 is 5.41 Å². The molecule has 21 heavy (non-hydrogen) atoms. The molecule has 116 valence electrons. The summed E-state index contributed by atoms with van der Waals surface area (Å²) in [5.74, 6) is 0.0963. The molecule has 1 aliphatic rings. The van der Waals surface area contributed by atoms with E-state index in [1.54, 1.807) is 7.11 Å². The summed E-state index contributed by atoms with van der Waals surface area (Å²) < 4.78 is 6.33. The van der Waals surface area contributed by atoms with Gasteiger partial charge in [0.05, 0.1) is 12.0 Å². The normalized spacial score (nSPS) is 23.0. The number of carbonyl (C=O) groups is 1. The van der Waals surface area contributed by atoms with Gasteiger partial charge in [0.2, 0.25) is 5.91 Å². The molecule has 2 N–H and O–H groups in total. The van der Waals surface area contributed by atoms with E-state index in [0.29, 0.717) is 13.2 Å². The van der Waals surface area contributed by atoms with Crippen molar-refractivity contribution in [3.8, 4) is 0 Å². The number of rotatable bonds is 6. The fourth-order valence-corrected chi connectivity index (χ4v) is 3.07. The Balaban J connectivity index is 1.93. The SMILES string of the molecule is COCC1(C(=O)NC(C)Cc2ccc(Br)cc2)CCNC1. The smallest absolute Gasteiger partial charge is 0.230 e. The summed E-state index contributed by atoms with van der Waals surface area (Å²) in [5.41, 5.74) is 0.805. The number of halogens is 1. The highest BCUT2D eigenvalue weighted by Crippen LogP contribution is 2.26. The maximum Gasteiger partial charge on any atom is 0.230 e. The van der Waals surface area contributed by atoms with Gasteiger partial charge in [-0.1, -0.05) is 28.1 Å². The lowest BCUT2D eigenvalue weighted by molar-refractivity contribution is -0.133. The molecule has 0 bridgehead atoms. The molecule has 4 nitrogen and oxygen atoms in total. The Labute approximate surface area is 134 Å². The van der Waals surface area contributed by atoms with Crippen molar-refractivity contribution >= 4 is 21.8 Å². The number of methoxy groups -OCH3 is 1. The Morgan fingerprint density at radius 1 is 1.48 bits per heavy atom. The van der Waals surface area contributed by atoms with E-state index in [2.05, 4.69) is 38.7 Å². The first-order valence-corrected chi connectivity index (χ1v) is 8.10. The topological polar surface area (TPSA) is 50.4 Å². The summed E-state index contributed by atoms with van der Waals surface area (Å²) in [4.78, 5) is 12.6. The van der Waals surface area contributed by atoms with Gasteiger partial charge >= 0.3 is 0 Å². The molecule has 1 amide bonds. The number of carbonyl (C=O) groups excluding carboxylic acids is 1. The van der Waals surface area contributed by atoms with E-state index in [1.807, 2.05) is 19.1 Å². The van der Waals surface area contributed by atoms with Crippen molar-refractivity contribution in [3.63, 3.8) is 0 Å². The average molecular weight is 355 g/mol. The molecule has 0 spiro atoms. The van der Waals surface area contributed by atoms with Gasteiger partial charge in [-0.3, -0.25) is 4.79 Å². The van der Waals surface area contributed by atoms with Crippen LogP contribution in [0.25, 0.3) is 0 Å². The minimum atomic E-state index is -0.414. The second-order valence-electron chi connectivity index (χ2n) is 5.85. The van der Waals surface area contributed by atoms with Crippen LogP contribution in [0.1, 0.15) is 18.9 Å². The first-order valence-electron chi connectivity index (χ1n) is 7.31. The van der Waals surface area contributed by atoms with E-state index in [9.17, 15) is 4.79 Å². The zero-order chi connectivity index (χ0) is 15.3. The Bertz CT molecular complexity index is 470. The van der Waals surface area contributed by atoms with Crippen molar-refractivity contribution in [2.45, 2.75) is 25.8 Å². The third-order valence-electron chi connectivity index (χ3n) is 3.98. The third-order valence-corrected chi connectivity index (χ3v) is 4.51. The molecule has 2 rings (SSSR count). The lowest BCUT2D eigenvalue weighted by Crippen LogP contribution is -2.48. The zero-order valence-electron chi connectivity index (χ0n) is 12.6. The molecule has 1 fully saturated rings. The van der Waals surface area contributed by atoms with Gasteiger partial charge in [-0.2, -0.15) is 0 Å². The molecule has 0 saturated carbocycles. The van der Waals surface area contributed by atoms with Crippen molar-refractivity contribution in [1.29, 1.82) is 0 Å². The molecule has 0 aromatic heterocycles. The summed E-state index contributed by atoms with van der Waals surface area (Å²) in [7, 11) is 1.65. The molecule has 1 aromatic rings. The number of ether oxygens (including phenoxy) is 1. The molecule has 1 aromatic carbocycles. The molecule has 0 radical (unpaired) electrons. The molecular weight excluding hydrogens is 332 g/mol. The van der Waals surface area contributed by atoms with Crippen LogP contribution in [0.4, 0.5) is 0 Å². The van der Waals surface area contributed by atoms with Gasteiger partial charge in [0.1, 0.15) is 0 Å². The summed E-state index contributed by atoms with van der Waals surface area (Å²) in [6.45, 7) is 4.08. The van der Waals surface area contributed by atoms with Crippen LogP contribution in [-0.2, 0) is 16.0 Å². The molecule has 2 atom stereocenters. The lowest BCUT2D eigenvalue weighted by atomic mass is 9.86. The summed E-state index contributed by atoms with van der Waals surface area (Å²) >= 11 is 3.43. The molecule has 1 saturated heterocycles. The summed E-state index contributed by atoms with van der Waals surface area (Å²) in [6, 6.07) is 8.31. The van der Waals surface area contributed by atoms with Gasteiger partial charge < -0.3 is 15.4 Å². The predicted molar refractivity (Wildman–Crippen MR) is 87.2 cm³/mol. The van der Waals surface area contributed by atoms with Gasteiger partial charge in [-0.05, 0) is 44.0 Å². The Kier molecular flexibility index (Phi) is 5.79. The Morgan fingerprint density at radius 2 is 2.19 bits per heavy atom. The van der Waals surface area contributed by atoms with E-state index >= 15 is 0 Å². The van der Waals surface area contributed by atoms with Crippen LogP contribution in [0.5, 0.6) is 0 Å². The number of hydrogen-bond acceptors (Lipinski definition) is 3. The van der Waals surface area contributed by atoms with E-state index in [-0.39, 0.29) is 11.9 Å². The van der Waals surface area contributed by atoms with Gasteiger partial charge in [0, 0.05) is 24.2 Å². The fraction of sp³-hybridized carbons (Fsp3) is 0.562. The van der Waals surface area contributed by atoms with Crippen molar-refractivity contribution in [2.24, 2.45) is 5.41 Å². The van der Waals surface area contributed by atoms with Crippen LogP contribution in [0.15, 0.2) is 28.7 Å².